The Bertz CT molecular complexity index is 924. The SMILES string of the molecule is CC(C)CNC(=O)c1cc(NC(=O)Nc2cccc(F)c2)ccc1N1CCC(C)CC1. The summed E-state index contributed by atoms with van der Waals surface area (Å²) in [4.78, 5) is 27.5. The summed E-state index contributed by atoms with van der Waals surface area (Å²) in [6.45, 7) is 8.71. The minimum Gasteiger partial charge on any atom is -0.371 e. The first-order chi connectivity index (χ1) is 14.8. The number of rotatable bonds is 6. The fourth-order valence-electron chi connectivity index (χ4n) is 3.57. The number of benzene rings is 2. The molecule has 1 heterocycles. The van der Waals surface area contributed by atoms with Gasteiger partial charge in [-0.05, 0) is 61.1 Å². The molecular formula is C24H31FN4O2. The second-order valence-corrected chi connectivity index (χ2v) is 8.59. The fourth-order valence-corrected chi connectivity index (χ4v) is 3.57. The molecule has 31 heavy (non-hydrogen) atoms. The second-order valence-electron chi connectivity index (χ2n) is 8.59. The molecule has 0 aromatic heterocycles. The van der Waals surface area contributed by atoms with Gasteiger partial charge in [0.05, 0.1) is 5.56 Å². The van der Waals surface area contributed by atoms with Crippen LogP contribution in [-0.4, -0.2) is 31.6 Å². The maximum absolute atomic E-state index is 13.3. The van der Waals surface area contributed by atoms with Crippen LogP contribution in [0, 0.1) is 17.7 Å². The average molecular weight is 427 g/mol. The molecule has 0 radical (unpaired) electrons. The van der Waals surface area contributed by atoms with Gasteiger partial charge in [0.1, 0.15) is 5.82 Å². The van der Waals surface area contributed by atoms with Gasteiger partial charge in [-0.1, -0.05) is 26.8 Å². The van der Waals surface area contributed by atoms with Crippen LogP contribution in [0.1, 0.15) is 44.0 Å². The normalized spacial score (nSPS) is 14.4. The third-order valence-corrected chi connectivity index (χ3v) is 5.38. The minimum atomic E-state index is -0.501. The van der Waals surface area contributed by atoms with Crippen LogP contribution in [0.5, 0.6) is 0 Å². The maximum Gasteiger partial charge on any atom is 0.323 e. The van der Waals surface area contributed by atoms with Gasteiger partial charge in [-0.3, -0.25) is 4.79 Å². The van der Waals surface area contributed by atoms with E-state index in [4.69, 9.17) is 0 Å². The van der Waals surface area contributed by atoms with Crippen LogP contribution in [0.15, 0.2) is 42.5 Å². The highest BCUT2D eigenvalue weighted by Gasteiger charge is 2.22. The molecule has 0 atom stereocenters. The molecule has 166 valence electrons. The predicted molar refractivity (Wildman–Crippen MR) is 123 cm³/mol. The van der Waals surface area contributed by atoms with Crippen LogP contribution >= 0.6 is 0 Å². The van der Waals surface area contributed by atoms with Crippen LogP contribution in [0.2, 0.25) is 0 Å². The standard InChI is InChI=1S/C24H31FN4O2/c1-16(2)15-26-23(30)21-14-20(7-8-22(21)29-11-9-17(3)10-12-29)28-24(31)27-19-6-4-5-18(25)13-19/h4-8,13-14,16-17H,9-12,15H2,1-3H3,(H,26,30)(H2,27,28,31). The van der Waals surface area contributed by atoms with Crippen LogP contribution in [0.3, 0.4) is 0 Å². The first-order valence-corrected chi connectivity index (χ1v) is 10.8. The van der Waals surface area contributed by atoms with Crippen molar-refractivity contribution in [3.63, 3.8) is 0 Å². The predicted octanol–water partition coefficient (Wildman–Crippen LogP) is 5.09. The number of anilines is 3. The highest BCUT2D eigenvalue weighted by atomic mass is 19.1. The minimum absolute atomic E-state index is 0.156. The summed E-state index contributed by atoms with van der Waals surface area (Å²) in [5.74, 6) is 0.433. The molecule has 1 aliphatic rings. The average Bonchev–Trinajstić information content (AvgIpc) is 2.72. The molecule has 0 unspecified atom stereocenters. The van der Waals surface area contributed by atoms with E-state index in [0.29, 0.717) is 35.3 Å². The third kappa shape index (κ3) is 6.44. The number of urea groups is 1. The Hall–Kier alpha value is -3.09. The molecule has 0 bridgehead atoms. The number of hydrogen-bond donors (Lipinski definition) is 3. The summed E-state index contributed by atoms with van der Waals surface area (Å²) in [7, 11) is 0. The maximum atomic E-state index is 13.3. The van der Waals surface area contributed by atoms with E-state index in [2.05, 4.69) is 27.8 Å². The number of carbonyl (C=O) groups is 2. The van der Waals surface area contributed by atoms with Crippen molar-refractivity contribution in [3.05, 3.63) is 53.8 Å². The zero-order valence-corrected chi connectivity index (χ0v) is 18.4. The van der Waals surface area contributed by atoms with E-state index < -0.39 is 11.8 Å². The smallest absolute Gasteiger partial charge is 0.323 e. The van der Waals surface area contributed by atoms with Gasteiger partial charge in [0.15, 0.2) is 0 Å². The van der Waals surface area contributed by atoms with Crippen LogP contribution in [-0.2, 0) is 0 Å². The molecular weight excluding hydrogens is 395 g/mol. The number of piperidine rings is 1. The monoisotopic (exact) mass is 426 g/mol. The van der Waals surface area contributed by atoms with Crippen molar-refractivity contribution in [2.24, 2.45) is 11.8 Å². The van der Waals surface area contributed by atoms with Crippen LogP contribution < -0.4 is 20.9 Å². The van der Waals surface area contributed by atoms with E-state index in [-0.39, 0.29) is 5.91 Å². The molecule has 7 heteroatoms. The van der Waals surface area contributed by atoms with E-state index in [9.17, 15) is 14.0 Å². The lowest BCUT2D eigenvalue weighted by Gasteiger charge is -2.33. The van der Waals surface area contributed by atoms with Crippen molar-refractivity contribution in [2.75, 3.05) is 35.2 Å². The fraction of sp³-hybridized carbons (Fsp3) is 0.417. The molecule has 3 N–H and O–H groups in total. The van der Waals surface area contributed by atoms with E-state index in [1.807, 2.05) is 19.9 Å². The Morgan fingerprint density at radius 2 is 1.74 bits per heavy atom. The lowest BCUT2D eigenvalue weighted by molar-refractivity contribution is 0.0949. The summed E-state index contributed by atoms with van der Waals surface area (Å²) in [5, 5.41) is 8.32. The molecule has 0 spiro atoms. The quantitative estimate of drug-likeness (QED) is 0.602. The van der Waals surface area contributed by atoms with Crippen LogP contribution in [0.25, 0.3) is 0 Å². The summed E-state index contributed by atoms with van der Waals surface area (Å²) < 4.78 is 13.3. The van der Waals surface area contributed by atoms with Gasteiger partial charge in [-0.15, -0.1) is 0 Å². The highest BCUT2D eigenvalue weighted by molar-refractivity contribution is 6.04. The first-order valence-electron chi connectivity index (χ1n) is 10.8. The number of halogens is 1. The number of hydrogen-bond acceptors (Lipinski definition) is 3. The molecule has 6 nitrogen and oxygen atoms in total. The third-order valence-electron chi connectivity index (χ3n) is 5.38. The summed E-state index contributed by atoms with van der Waals surface area (Å²) in [5.41, 5.74) is 2.27. The Morgan fingerprint density at radius 3 is 2.39 bits per heavy atom. The van der Waals surface area contributed by atoms with Crippen molar-refractivity contribution < 1.29 is 14.0 Å². The molecule has 3 rings (SSSR count). The van der Waals surface area contributed by atoms with Gasteiger partial charge in [0.25, 0.3) is 5.91 Å². The van der Waals surface area contributed by atoms with E-state index in [0.717, 1.165) is 31.6 Å². The molecule has 0 saturated carbocycles. The van der Waals surface area contributed by atoms with Gasteiger partial charge >= 0.3 is 6.03 Å². The Balaban J connectivity index is 1.78. The van der Waals surface area contributed by atoms with E-state index >= 15 is 0 Å². The molecule has 1 aliphatic heterocycles. The molecule has 2 aromatic carbocycles. The molecule has 1 saturated heterocycles. The summed E-state index contributed by atoms with van der Waals surface area (Å²) >= 11 is 0. The number of nitrogens with one attached hydrogen (secondary N) is 3. The van der Waals surface area contributed by atoms with Crippen LogP contribution in [0.4, 0.5) is 26.2 Å². The number of carbonyl (C=O) groups excluding carboxylic acids is 2. The zero-order valence-electron chi connectivity index (χ0n) is 18.4. The summed E-state index contributed by atoms with van der Waals surface area (Å²) in [6.07, 6.45) is 2.17. The lowest BCUT2D eigenvalue weighted by Crippen LogP contribution is -2.35. The largest absolute Gasteiger partial charge is 0.371 e. The van der Waals surface area contributed by atoms with Gasteiger partial charge in [0.2, 0.25) is 0 Å². The molecule has 0 aliphatic carbocycles. The van der Waals surface area contributed by atoms with Crippen molar-refractivity contribution in [1.29, 1.82) is 0 Å². The summed E-state index contributed by atoms with van der Waals surface area (Å²) in [6, 6.07) is 10.6. The first kappa shape index (κ1) is 22.6. The zero-order chi connectivity index (χ0) is 22.4. The Labute approximate surface area is 183 Å². The van der Waals surface area contributed by atoms with Gasteiger partial charge < -0.3 is 20.9 Å². The molecule has 1 fully saturated rings. The Morgan fingerprint density at radius 1 is 1.06 bits per heavy atom. The molecule has 2 aromatic rings. The van der Waals surface area contributed by atoms with E-state index in [1.54, 1.807) is 18.2 Å². The van der Waals surface area contributed by atoms with Crippen molar-refractivity contribution in [2.45, 2.75) is 33.6 Å². The Kier molecular flexibility index (Phi) is 7.50. The van der Waals surface area contributed by atoms with Crippen molar-refractivity contribution >= 4 is 29.0 Å². The van der Waals surface area contributed by atoms with Gasteiger partial charge in [0, 0.05) is 36.7 Å². The van der Waals surface area contributed by atoms with E-state index in [1.165, 1.54) is 18.2 Å². The van der Waals surface area contributed by atoms with Gasteiger partial charge in [-0.2, -0.15) is 0 Å². The molecule has 3 amide bonds. The van der Waals surface area contributed by atoms with Gasteiger partial charge in [-0.25, -0.2) is 9.18 Å². The topological polar surface area (TPSA) is 73.5 Å². The highest BCUT2D eigenvalue weighted by Crippen LogP contribution is 2.29. The number of amides is 3. The second kappa shape index (κ2) is 10.3. The van der Waals surface area contributed by atoms with Crippen molar-refractivity contribution in [3.8, 4) is 0 Å². The lowest BCUT2D eigenvalue weighted by atomic mass is 9.97. The number of nitrogens with zero attached hydrogens (tertiary/aromatic N) is 1. The van der Waals surface area contributed by atoms with Crippen molar-refractivity contribution in [1.82, 2.24) is 5.32 Å².